The van der Waals surface area contributed by atoms with Crippen LogP contribution in [0.5, 0.6) is 5.75 Å². The second kappa shape index (κ2) is 5.57. The molecule has 0 spiro atoms. The molecule has 0 aromatic heterocycles. The van der Waals surface area contributed by atoms with Crippen LogP contribution in [0.3, 0.4) is 0 Å². The van der Waals surface area contributed by atoms with Crippen molar-refractivity contribution in [1.82, 2.24) is 0 Å². The molecule has 0 saturated heterocycles. The summed E-state index contributed by atoms with van der Waals surface area (Å²) >= 11 is 0. The minimum Gasteiger partial charge on any atom is -0.495 e. The number of nitrogens with two attached hydrogens (primary N) is 1. The van der Waals surface area contributed by atoms with Gasteiger partial charge in [0.1, 0.15) is 5.75 Å². The van der Waals surface area contributed by atoms with E-state index in [0.29, 0.717) is 0 Å². The number of carbonyl (C=O) groups is 2. The molecular weight excluding hydrogens is 276 g/mol. The number of carboxylic acid groups (broad SMARTS) is 1. The van der Waals surface area contributed by atoms with Gasteiger partial charge in [0.15, 0.2) is 5.75 Å². The highest BCUT2D eigenvalue weighted by Gasteiger charge is 2.18. The van der Waals surface area contributed by atoms with E-state index < -0.39 is 27.7 Å². The first kappa shape index (κ1) is 14.8. The third kappa shape index (κ3) is 4.14. The number of sulfonamides is 1. The number of carbonyl (C=O) groups excluding carboxylic acids is 1. The average molecular weight is 288 g/mol. The maximum absolute atomic E-state index is 11.5. The summed E-state index contributed by atoms with van der Waals surface area (Å²) in [6.45, 7) is 0. The Morgan fingerprint density at radius 2 is 2.05 bits per heavy atom. The second-order valence-electron chi connectivity index (χ2n) is 3.53. The molecule has 0 heterocycles. The van der Waals surface area contributed by atoms with Crippen molar-refractivity contribution >= 4 is 27.6 Å². The largest absolute Gasteiger partial charge is 0.495 e. The van der Waals surface area contributed by atoms with Crippen LogP contribution in [0.2, 0.25) is 0 Å². The van der Waals surface area contributed by atoms with Gasteiger partial charge < -0.3 is 15.6 Å². The van der Waals surface area contributed by atoms with Crippen molar-refractivity contribution in [2.45, 2.75) is 0 Å². The summed E-state index contributed by atoms with van der Waals surface area (Å²) in [5.74, 6) is -3.21. The van der Waals surface area contributed by atoms with Gasteiger partial charge in [-0.2, -0.15) is 0 Å². The van der Waals surface area contributed by atoms with Crippen molar-refractivity contribution < 1.29 is 27.9 Å². The van der Waals surface area contributed by atoms with E-state index in [4.69, 9.17) is 15.6 Å². The molecule has 1 aromatic carbocycles. The fourth-order valence-electron chi connectivity index (χ4n) is 1.31. The molecule has 0 atom stereocenters. The van der Waals surface area contributed by atoms with Crippen molar-refractivity contribution in [3.8, 4) is 5.75 Å². The molecule has 0 bridgehead atoms. The standard InChI is InChI=1S/C10H12N2O6S/c1-18-8-3-2-6(10(11)15)4-7(8)12-19(16,17)5-9(13)14/h2-4,12H,5H2,1H3,(H2,11,15)(H,13,14). The number of ether oxygens (including phenoxy) is 1. The summed E-state index contributed by atoms with van der Waals surface area (Å²) in [6.07, 6.45) is 0. The molecule has 19 heavy (non-hydrogen) atoms. The van der Waals surface area contributed by atoms with Crippen LogP contribution in [0, 0.1) is 0 Å². The Balaban J connectivity index is 3.14. The van der Waals surface area contributed by atoms with E-state index in [0.717, 1.165) is 0 Å². The van der Waals surface area contributed by atoms with Crippen LogP contribution in [-0.2, 0) is 14.8 Å². The Morgan fingerprint density at radius 1 is 1.42 bits per heavy atom. The summed E-state index contributed by atoms with van der Waals surface area (Å²) in [7, 11) is -2.79. The normalized spacial score (nSPS) is 10.8. The lowest BCUT2D eigenvalue weighted by atomic mass is 10.2. The van der Waals surface area contributed by atoms with Crippen LogP contribution < -0.4 is 15.2 Å². The lowest BCUT2D eigenvalue weighted by Gasteiger charge is -2.11. The number of anilines is 1. The Morgan fingerprint density at radius 3 is 2.53 bits per heavy atom. The van der Waals surface area contributed by atoms with Gasteiger partial charge in [0.2, 0.25) is 15.9 Å². The minimum absolute atomic E-state index is 0.0555. The average Bonchev–Trinajstić information content (AvgIpc) is 2.26. The molecular formula is C10H12N2O6S. The number of aliphatic carboxylic acids is 1. The third-order valence-corrected chi connectivity index (χ3v) is 3.22. The van der Waals surface area contributed by atoms with Crippen LogP contribution in [0.15, 0.2) is 18.2 Å². The van der Waals surface area contributed by atoms with Gasteiger partial charge >= 0.3 is 5.97 Å². The summed E-state index contributed by atoms with van der Waals surface area (Å²) in [6, 6.07) is 3.87. The first-order valence-corrected chi connectivity index (χ1v) is 6.60. The highest BCUT2D eigenvalue weighted by molar-refractivity contribution is 7.93. The lowest BCUT2D eigenvalue weighted by Crippen LogP contribution is -2.23. The SMILES string of the molecule is COc1ccc(C(N)=O)cc1NS(=O)(=O)CC(=O)O. The van der Waals surface area contributed by atoms with Gasteiger partial charge in [-0.25, -0.2) is 8.42 Å². The van der Waals surface area contributed by atoms with Gasteiger partial charge in [-0.3, -0.25) is 14.3 Å². The number of rotatable bonds is 6. The Kier molecular flexibility index (Phi) is 4.33. The number of nitrogens with one attached hydrogen (secondary N) is 1. The second-order valence-corrected chi connectivity index (χ2v) is 5.26. The summed E-state index contributed by atoms with van der Waals surface area (Å²) < 4.78 is 29.9. The number of methoxy groups -OCH3 is 1. The molecule has 9 heteroatoms. The first-order chi connectivity index (χ1) is 8.75. The van der Waals surface area contributed by atoms with Gasteiger partial charge in [-0.05, 0) is 18.2 Å². The number of benzene rings is 1. The highest BCUT2D eigenvalue weighted by atomic mass is 32.2. The third-order valence-electron chi connectivity index (χ3n) is 2.06. The molecule has 1 aromatic rings. The minimum atomic E-state index is -4.09. The van der Waals surface area contributed by atoms with E-state index in [1.807, 2.05) is 4.72 Å². The fourth-order valence-corrected chi connectivity index (χ4v) is 2.20. The van der Waals surface area contributed by atoms with Gasteiger partial charge in [0, 0.05) is 5.56 Å². The van der Waals surface area contributed by atoms with Gasteiger partial charge in [0.05, 0.1) is 12.8 Å². The molecule has 0 radical (unpaired) electrons. The Hall–Kier alpha value is -2.29. The van der Waals surface area contributed by atoms with Crippen LogP contribution in [-0.4, -0.2) is 38.3 Å². The highest BCUT2D eigenvalue weighted by Crippen LogP contribution is 2.26. The maximum Gasteiger partial charge on any atom is 0.320 e. The van der Waals surface area contributed by atoms with Gasteiger partial charge in [-0.15, -0.1) is 0 Å². The predicted octanol–water partition coefficient (Wildman–Crippen LogP) is -0.380. The molecule has 8 nitrogen and oxygen atoms in total. The van der Waals surface area contributed by atoms with Crippen LogP contribution >= 0.6 is 0 Å². The molecule has 4 N–H and O–H groups in total. The topological polar surface area (TPSA) is 136 Å². The summed E-state index contributed by atoms with van der Waals surface area (Å²) in [5, 5.41) is 8.47. The predicted molar refractivity (Wildman–Crippen MR) is 66.6 cm³/mol. The molecule has 1 amide bonds. The van der Waals surface area contributed by atoms with E-state index >= 15 is 0 Å². The quantitative estimate of drug-likeness (QED) is 0.652. The molecule has 0 aliphatic heterocycles. The Bertz CT molecular complexity index is 610. The van der Waals surface area contributed by atoms with Gasteiger partial charge in [-0.1, -0.05) is 0 Å². The number of primary amides is 1. The zero-order chi connectivity index (χ0) is 14.6. The zero-order valence-corrected chi connectivity index (χ0v) is 10.7. The maximum atomic E-state index is 11.5. The molecule has 0 unspecified atom stereocenters. The van der Waals surface area contributed by atoms with Crippen LogP contribution in [0.4, 0.5) is 5.69 Å². The molecule has 104 valence electrons. The smallest absolute Gasteiger partial charge is 0.320 e. The number of carboxylic acids is 1. The fraction of sp³-hybridized carbons (Fsp3) is 0.200. The van der Waals surface area contributed by atoms with Crippen molar-refractivity contribution in [1.29, 1.82) is 0 Å². The first-order valence-electron chi connectivity index (χ1n) is 4.95. The van der Waals surface area contributed by atoms with Crippen molar-refractivity contribution in [2.24, 2.45) is 5.73 Å². The van der Waals surface area contributed by atoms with E-state index in [-0.39, 0.29) is 17.0 Å². The number of hydrogen-bond acceptors (Lipinski definition) is 5. The molecule has 0 aliphatic rings. The van der Waals surface area contributed by atoms with E-state index in [2.05, 4.69) is 0 Å². The lowest BCUT2D eigenvalue weighted by molar-refractivity contribution is -0.134. The van der Waals surface area contributed by atoms with Crippen molar-refractivity contribution in [2.75, 3.05) is 17.6 Å². The van der Waals surface area contributed by atoms with E-state index in [1.54, 1.807) is 0 Å². The van der Waals surface area contributed by atoms with Gasteiger partial charge in [0.25, 0.3) is 0 Å². The number of hydrogen-bond donors (Lipinski definition) is 3. The molecule has 0 saturated carbocycles. The summed E-state index contributed by atoms with van der Waals surface area (Å²) in [5.41, 5.74) is 5.08. The van der Waals surface area contributed by atoms with Crippen molar-refractivity contribution in [3.63, 3.8) is 0 Å². The summed E-state index contributed by atoms with van der Waals surface area (Å²) in [4.78, 5) is 21.4. The van der Waals surface area contributed by atoms with Crippen LogP contribution in [0.25, 0.3) is 0 Å². The van der Waals surface area contributed by atoms with Crippen LogP contribution in [0.1, 0.15) is 10.4 Å². The monoisotopic (exact) mass is 288 g/mol. The zero-order valence-electron chi connectivity index (χ0n) is 9.91. The number of amides is 1. The van der Waals surface area contributed by atoms with E-state index in [1.165, 1.54) is 25.3 Å². The molecule has 0 fully saturated rings. The van der Waals surface area contributed by atoms with E-state index in [9.17, 15) is 18.0 Å². The molecule has 0 aliphatic carbocycles. The molecule has 1 rings (SSSR count). The Labute approximate surface area is 109 Å². The van der Waals surface area contributed by atoms with Crippen molar-refractivity contribution in [3.05, 3.63) is 23.8 Å².